The molecule has 0 rings (SSSR count). The van der Waals surface area contributed by atoms with E-state index < -0.39 is 35.3 Å². The van der Waals surface area contributed by atoms with E-state index in [1.54, 1.807) is 0 Å². The molecule has 3 amide bonds. The summed E-state index contributed by atoms with van der Waals surface area (Å²) in [5, 5.41) is 7.72. The van der Waals surface area contributed by atoms with E-state index >= 15 is 0 Å². The summed E-state index contributed by atoms with van der Waals surface area (Å²) in [5.74, 6) is -1.62. The Labute approximate surface area is 181 Å². The Morgan fingerprint density at radius 1 is 0.935 bits per heavy atom. The zero-order valence-electron chi connectivity index (χ0n) is 18.3. The van der Waals surface area contributed by atoms with Gasteiger partial charge in [-0.3, -0.25) is 24.4 Å². The summed E-state index contributed by atoms with van der Waals surface area (Å²) in [5.41, 5.74) is 19.7. The number of amides is 3. The van der Waals surface area contributed by atoms with Gasteiger partial charge < -0.3 is 43.7 Å². The Morgan fingerprint density at radius 3 is 1.90 bits per heavy atom. The van der Waals surface area contributed by atoms with Crippen LogP contribution < -0.4 is 38.9 Å². The lowest BCUT2D eigenvalue weighted by molar-refractivity contribution is -0.135. The van der Waals surface area contributed by atoms with Crippen molar-refractivity contribution in [3.05, 3.63) is 0 Å². The number of aliphatic imine (C=N–C) groups is 2. The summed E-state index contributed by atoms with van der Waals surface area (Å²) in [6, 6.07) is -1.64. The Morgan fingerprint density at radius 2 is 1.45 bits per heavy atom. The molecule has 0 aliphatic heterocycles. The van der Waals surface area contributed by atoms with Gasteiger partial charge in [0.2, 0.25) is 17.7 Å². The lowest BCUT2D eigenvalue weighted by Gasteiger charge is -2.29. The minimum atomic E-state index is -1.34. The Hall–Kier alpha value is -3.38. The largest absolute Gasteiger partial charge is 0.370 e. The van der Waals surface area contributed by atoms with Crippen molar-refractivity contribution in [3.8, 4) is 0 Å². The van der Waals surface area contributed by atoms with Gasteiger partial charge in [0, 0.05) is 20.0 Å². The highest BCUT2D eigenvalue weighted by molar-refractivity contribution is 5.94. The minimum Gasteiger partial charge on any atom is -0.370 e. The molecule has 0 heterocycles. The molecule has 13 nitrogen and oxygen atoms in total. The quantitative estimate of drug-likeness (QED) is 0.0640. The zero-order valence-corrected chi connectivity index (χ0v) is 18.3. The second-order valence-corrected chi connectivity index (χ2v) is 7.48. The van der Waals surface area contributed by atoms with Gasteiger partial charge >= 0.3 is 0 Å². The minimum absolute atomic E-state index is 0.0532. The molecule has 0 saturated heterocycles. The molecule has 176 valence electrons. The van der Waals surface area contributed by atoms with E-state index in [2.05, 4.69) is 25.9 Å². The number of rotatable bonds is 14. The second-order valence-electron chi connectivity index (χ2n) is 7.48. The third-order valence-electron chi connectivity index (χ3n) is 4.09. The molecule has 0 aromatic heterocycles. The molecule has 0 bridgehead atoms. The van der Waals surface area contributed by atoms with Gasteiger partial charge in [0.1, 0.15) is 17.9 Å². The zero-order chi connectivity index (χ0) is 24.0. The van der Waals surface area contributed by atoms with E-state index in [9.17, 15) is 19.2 Å². The number of nitrogens with zero attached hydrogens (tertiary/aromatic N) is 2. The number of carbonyl (C=O) groups excluding carboxylic acids is 4. The van der Waals surface area contributed by atoms with Gasteiger partial charge in [0.05, 0.1) is 6.04 Å². The van der Waals surface area contributed by atoms with Gasteiger partial charge in [0.25, 0.3) is 0 Å². The maximum Gasteiger partial charge on any atom is 0.245 e. The van der Waals surface area contributed by atoms with Crippen LogP contribution in [0.2, 0.25) is 0 Å². The van der Waals surface area contributed by atoms with Crippen molar-refractivity contribution >= 4 is 35.9 Å². The number of nitrogens with two attached hydrogens (primary N) is 4. The van der Waals surface area contributed by atoms with Gasteiger partial charge in [-0.2, -0.15) is 0 Å². The van der Waals surface area contributed by atoms with Crippen LogP contribution in [0.25, 0.3) is 0 Å². The smallest absolute Gasteiger partial charge is 0.245 e. The van der Waals surface area contributed by atoms with Crippen molar-refractivity contribution in [3.63, 3.8) is 0 Å². The summed E-state index contributed by atoms with van der Waals surface area (Å²) >= 11 is 0. The average Bonchev–Trinajstić information content (AvgIpc) is 2.65. The fourth-order valence-corrected chi connectivity index (χ4v) is 2.51. The van der Waals surface area contributed by atoms with Gasteiger partial charge in [0.15, 0.2) is 11.9 Å². The van der Waals surface area contributed by atoms with Gasteiger partial charge in [-0.1, -0.05) is 0 Å². The molecule has 0 saturated carbocycles. The van der Waals surface area contributed by atoms with Gasteiger partial charge in [-0.05, 0) is 39.5 Å². The first-order valence-corrected chi connectivity index (χ1v) is 9.85. The first-order chi connectivity index (χ1) is 14.4. The lowest BCUT2D eigenvalue weighted by Crippen LogP contribution is -2.60. The predicted octanol–water partition coefficient (Wildman–Crippen LogP) is -2.82. The van der Waals surface area contributed by atoms with Crippen LogP contribution in [0, 0.1) is 0 Å². The van der Waals surface area contributed by atoms with Crippen molar-refractivity contribution in [2.75, 3.05) is 13.1 Å². The SMILES string of the molecule is CC(=O)NC(CCCN=C(N)N)C(=O)NC(C)(C)C(=O)NC(C=O)CCCN=C(N)N. The van der Waals surface area contributed by atoms with Crippen LogP contribution in [0.1, 0.15) is 46.5 Å². The van der Waals surface area contributed by atoms with Crippen molar-refractivity contribution in [2.24, 2.45) is 32.9 Å². The third-order valence-corrected chi connectivity index (χ3v) is 4.09. The predicted molar refractivity (Wildman–Crippen MR) is 118 cm³/mol. The number of guanidine groups is 2. The highest BCUT2D eigenvalue weighted by Gasteiger charge is 2.33. The van der Waals surface area contributed by atoms with E-state index in [0.29, 0.717) is 32.1 Å². The molecule has 0 fully saturated rings. The molecule has 2 unspecified atom stereocenters. The first-order valence-electron chi connectivity index (χ1n) is 9.85. The molecule has 2 atom stereocenters. The fourth-order valence-electron chi connectivity index (χ4n) is 2.51. The van der Waals surface area contributed by atoms with Crippen LogP contribution in [0.15, 0.2) is 9.98 Å². The molecule has 0 aromatic rings. The van der Waals surface area contributed by atoms with Crippen molar-refractivity contribution in [1.29, 1.82) is 0 Å². The van der Waals surface area contributed by atoms with Crippen LogP contribution in [-0.4, -0.2) is 66.6 Å². The van der Waals surface area contributed by atoms with E-state index in [0.717, 1.165) is 0 Å². The van der Waals surface area contributed by atoms with Crippen molar-refractivity contribution in [1.82, 2.24) is 16.0 Å². The van der Waals surface area contributed by atoms with Gasteiger partial charge in [-0.15, -0.1) is 0 Å². The van der Waals surface area contributed by atoms with Crippen molar-refractivity contribution < 1.29 is 19.2 Å². The van der Waals surface area contributed by atoms with E-state index in [4.69, 9.17) is 22.9 Å². The third kappa shape index (κ3) is 12.7. The summed E-state index contributed by atoms with van der Waals surface area (Å²) in [7, 11) is 0. The van der Waals surface area contributed by atoms with Crippen LogP contribution in [0.4, 0.5) is 0 Å². The average molecular weight is 442 g/mol. The maximum atomic E-state index is 12.7. The topological polar surface area (TPSA) is 233 Å². The van der Waals surface area contributed by atoms with Crippen LogP contribution in [0.3, 0.4) is 0 Å². The summed E-state index contributed by atoms with van der Waals surface area (Å²) < 4.78 is 0. The standard InChI is InChI=1S/C18H35N9O4/c1-11(29)25-13(7-5-9-24-17(21)22)14(30)27-18(2,3)15(31)26-12(10-28)6-4-8-23-16(19)20/h10,12-13H,4-9H2,1-3H3,(H,25,29)(H,26,31)(H,27,30)(H4,19,20,23)(H4,21,22,24). The normalized spacial score (nSPS) is 12.6. The number of hydrogen-bond acceptors (Lipinski definition) is 6. The Balaban J connectivity index is 4.91. The molecule has 31 heavy (non-hydrogen) atoms. The fraction of sp³-hybridized carbons (Fsp3) is 0.667. The lowest BCUT2D eigenvalue weighted by atomic mass is 10.0. The monoisotopic (exact) mass is 441 g/mol. The molecular weight excluding hydrogens is 406 g/mol. The second kappa shape index (κ2) is 13.8. The molecule has 0 radical (unpaired) electrons. The van der Waals surface area contributed by atoms with Gasteiger partial charge in [-0.25, -0.2) is 0 Å². The van der Waals surface area contributed by atoms with Crippen LogP contribution >= 0.6 is 0 Å². The van der Waals surface area contributed by atoms with Crippen LogP contribution in [0.5, 0.6) is 0 Å². The Kier molecular flexibility index (Phi) is 12.3. The number of nitrogens with one attached hydrogen (secondary N) is 3. The highest BCUT2D eigenvalue weighted by atomic mass is 16.2. The Bertz CT molecular complexity index is 684. The molecule has 13 heteroatoms. The van der Waals surface area contributed by atoms with E-state index in [1.165, 1.54) is 20.8 Å². The molecular formula is C18H35N9O4. The molecule has 11 N–H and O–H groups in total. The maximum absolute atomic E-state index is 12.7. The molecule has 0 aromatic carbocycles. The molecule has 0 aliphatic rings. The molecule has 0 aliphatic carbocycles. The number of aldehydes is 1. The molecule has 0 spiro atoms. The highest BCUT2D eigenvalue weighted by Crippen LogP contribution is 2.07. The summed E-state index contributed by atoms with van der Waals surface area (Å²) in [4.78, 5) is 55.6. The van der Waals surface area contributed by atoms with Crippen LogP contribution in [-0.2, 0) is 19.2 Å². The van der Waals surface area contributed by atoms with E-state index in [1.807, 2.05) is 0 Å². The van der Waals surface area contributed by atoms with E-state index in [-0.39, 0.29) is 24.9 Å². The number of carbonyl (C=O) groups is 4. The summed E-state index contributed by atoms with van der Waals surface area (Å²) in [6.07, 6.45) is 2.12. The van der Waals surface area contributed by atoms with Crippen molar-refractivity contribution in [2.45, 2.75) is 64.1 Å². The number of hydrogen-bond donors (Lipinski definition) is 7. The first kappa shape index (κ1) is 27.6. The summed E-state index contributed by atoms with van der Waals surface area (Å²) in [6.45, 7) is 4.88.